The summed E-state index contributed by atoms with van der Waals surface area (Å²) < 4.78 is 5.66. The number of nitrogens with zero attached hydrogens (tertiary/aromatic N) is 2. The Labute approximate surface area is 173 Å². The first kappa shape index (κ1) is 20.7. The summed E-state index contributed by atoms with van der Waals surface area (Å²) in [5.41, 5.74) is 1.68. The van der Waals surface area contributed by atoms with Crippen LogP contribution in [0, 0.1) is 0 Å². The molecule has 0 saturated carbocycles. The van der Waals surface area contributed by atoms with Crippen molar-refractivity contribution in [3.05, 3.63) is 64.6 Å². The van der Waals surface area contributed by atoms with Crippen LogP contribution in [0.4, 0.5) is 5.69 Å². The number of carboxylic acids is 1. The van der Waals surface area contributed by atoms with Crippen molar-refractivity contribution in [2.45, 2.75) is 20.3 Å². The molecular weight excluding hydrogens is 388 g/mol. The van der Waals surface area contributed by atoms with E-state index in [4.69, 9.17) is 9.84 Å². The minimum atomic E-state index is -0.986. The maximum absolute atomic E-state index is 12.8. The first-order chi connectivity index (χ1) is 14.0. The Bertz CT molecular complexity index is 967. The number of carboxylic acid groups (broad SMARTS) is 1. The van der Waals surface area contributed by atoms with Gasteiger partial charge in [-0.15, -0.1) is 0 Å². The molecule has 0 spiro atoms. The Kier molecular flexibility index (Phi) is 6.72. The predicted molar refractivity (Wildman–Crippen MR) is 116 cm³/mol. The average molecular weight is 410 g/mol. The van der Waals surface area contributed by atoms with E-state index in [0.717, 1.165) is 17.7 Å². The van der Waals surface area contributed by atoms with Crippen LogP contribution in [-0.2, 0) is 4.79 Å². The van der Waals surface area contributed by atoms with Crippen LogP contribution >= 0.6 is 11.8 Å². The summed E-state index contributed by atoms with van der Waals surface area (Å²) >= 11 is 1.31. The van der Waals surface area contributed by atoms with Crippen LogP contribution in [0.1, 0.15) is 36.2 Å². The average Bonchev–Trinajstić information content (AvgIpc) is 3.01. The largest absolute Gasteiger partial charge is 0.494 e. The number of carbonyl (C=O) groups excluding carboxylic acids is 1. The molecule has 1 amide bonds. The molecule has 1 aliphatic heterocycles. The van der Waals surface area contributed by atoms with Crippen molar-refractivity contribution < 1.29 is 19.4 Å². The van der Waals surface area contributed by atoms with E-state index in [2.05, 4.69) is 11.9 Å². The summed E-state index contributed by atoms with van der Waals surface area (Å²) in [6, 6.07) is 13.9. The van der Waals surface area contributed by atoms with Gasteiger partial charge < -0.3 is 9.84 Å². The number of ether oxygens (including phenoxy) is 1. The zero-order valence-corrected chi connectivity index (χ0v) is 17.1. The Morgan fingerprint density at radius 3 is 2.62 bits per heavy atom. The predicted octanol–water partition coefficient (Wildman–Crippen LogP) is 4.80. The monoisotopic (exact) mass is 410 g/mol. The molecule has 1 saturated heterocycles. The molecule has 29 heavy (non-hydrogen) atoms. The third-order valence-electron chi connectivity index (χ3n) is 4.17. The van der Waals surface area contributed by atoms with Gasteiger partial charge in [0.25, 0.3) is 5.91 Å². The smallest absolute Gasteiger partial charge is 0.335 e. The lowest BCUT2D eigenvalue weighted by atomic mass is 10.2. The summed E-state index contributed by atoms with van der Waals surface area (Å²) in [6.45, 7) is 5.09. The van der Waals surface area contributed by atoms with Crippen molar-refractivity contribution in [1.29, 1.82) is 0 Å². The highest BCUT2D eigenvalue weighted by Crippen LogP contribution is 2.34. The first-order valence-electron chi connectivity index (χ1n) is 9.38. The second-order valence-electron chi connectivity index (χ2n) is 6.33. The van der Waals surface area contributed by atoms with E-state index < -0.39 is 5.97 Å². The molecule has 0 atom stereocenters. The number of benzene rings is 2. The fourth-order valence-corrected chi connectivity index (χ4v) is 3.79. The number of aliphatic imine (C=N–C) groups is 1. The number of hydrogen-bond acceptors (Lipinski definition) is 5. The molecule has 150 valence electrons. The number of rotatable bonds is 7. The molecule has 0 aromatic heterocycles. The molecule has 1 N–H and O–H groups in total. The summed E-state index contributed by atoms with van der Waals surface area (Å²) in [5, 5.41) is 9.58. The van der Waals surface area contributed by atoms with Crippen LogP contribution in [0.2, 0.25) is 0 Å². The maximum atomic E-state index is 12.8. The van der Waals surface area contributed by atoms with Crippen LogP contribution in [0.15, 0.2) is 58.4 Å². The molecule has 7 heteroatoms. The number of thioether (sulfide) groups is 1. The van der Waals surface area contributed by atoms with Crippen LogP contribution in [0.5, 0.6) is 5.75 Å². The van der Waals surface area contributed by atoms with Crippen molar-refractivity contribution in [3.63, 3.8) is 0 Å². The SMILES string of the molecule is CCCOc1cccc(/C=C2/SC(=Nc3ccc(C(=O)O)cc3)N(CC)C2=O)c1. The zero-order chi connectivity index (χ0) is 20.8. The van der Waals surface area contributed by atoms with E-state index in [9.17, 15) is 9.59 Å². The summed E-state index contributed by atoms with van der Waals surface area (Å²) in [4.78, 5) is 30.5. The number of amidine groups is 1. The minimum Gasteiger partial charge on any atom is -0.494 e. The molecule has 1 fully saturated rings. The van der Waals surface area contributed by atoms with Gasteiger partial charge in [0.1, 0.15) is 5.75 Å². The van der Waals surface area contributed by atoms with E-state index in [1.807, 2.05) is 37.3 Å². The van der Waals surface area contributed by atoms with Gasteiger partial charge >= 0.3 is 5.97 Å². The molecule has 0 radical (unpaired) electrons. The van der Waals surface area contributed by atoms with Gasteiger partial charge in [-0.3, -0.25) is 9.69 Å². The lowest BCUT2D eigenvalue weighted by Gasteiger charge is -2.12. The summed E-state index contributed by atoms with van der Waals surface area (Å²) in [7, 11) is 0. The molecular formula is C22H22N2O4S. The molecule has 0 unspecified atom stereocenters. The molecule has 1 aliphatic rings. The third-order valence-corrected chi connectivity index (χ3v) is 5.18. The molecule has 2 aromatic carbocycles. The van der Waals surface area contributed by atoms with E-state index in [1.165, 1.54) is 23.9 Å². The molecule has 0 bridgehead atoms. The lowest BCUT2D eigenvalue weighted by Crippen LogP contribution is -2.28. The van der Waals surface area contributed by atoms with Gasteiger partial charge in [0.2, 0.25) is 0 Å². The summed E-state index contributed by atoms with van der Waals surface area (Å²) in [6.07, 6.45) is 2.77. The topological polar surface area (TPSA) is 79.2 Å². The van der Waals surface area contributed by atoms with Gasteiger partial charge in [0, 0.05) is 6.54 Å². The van der Waals surface area contributed by atoms with Crippen molar-refractivity contribution in [2.24, 2.45) is 4.99 Å². The number of hydrogen-bond donors (Lipinski definition) is 1. The van der Waals surface area contributed by atoms with Gasteiger partial charge in [-0.05, 0) is 73.1 Å². The highest BCUT2D eigenvalue weighted by molar-refractivity contribution is 8.18. The molecule has 6 nitrogen and oxygen atoms in total. The van der Waals surface area contributed by atoms with Crippen LogP contribution in [-0.4, -0.2) is 40.2 Å². The Hall–Kier alpha value is -3.06. The van der Waals surface area contributed by atoms with E-state index in [1.54, 1.807) is 17.0 Å². The number of amides is 1. The molecule has 2 aromatic rings. The van der Waals surface area contributed by atoms with Gasteiger partial charge in [-0.1, -0.05) is 19.1 Å². The van der Waals surface area contributed by atoms with Crippen LogP contribution < -0.4 is 4.74 Å². The quantitative estimate of drug-likeness (QED) is 0.664. The first-order valence-corrected chi connectivity index (χ1v) is 10.2. The molecule has 0 aliphatic carbocycles. The van der Waals surface area contributed by atoms with Crippen LogP contribution in [0.3, 0.4) is 0 Å². The van der Waals surface area contributed by atoms with Crippen molar-refractivity contribution in [2.75, 3.05) is 13.2 Å². The fourth-order valence-electron chi connectivity index (χ4n) is 2.72. The number of likely N-dealkylation sites (N-methyl/N-ethyl adjacent to an activating group) is 1. The Balaban J connectivity index is 1.85. The van der Waals surface area contributed by atoms with Gasteiger partial charge in [-0.25, -0.2) is 9.79 Å². The molecule has 1 heterocycles. The highest BCUT2D eigenvalue weighted by Gasteiger charge is 2.32. The zero-order valence-electron chi connectivity index (χ0n) is 16.3. The second kappa shape index (κ2) is 9.43. The van der Waals surface area contributed by atoms with Gasteiger partial charge in [-0.2, -0.15) is 0 Å². The molecule has 3 rings (SSSR count). The minimum absolute atomic E-state index is 0.0988. The van der Waals surface area contributed by atoms with Gasteiger partial charge in [0.05, 0.1) is 22.8 Å². The van der Waals surface area contributed by atoms with Crippen LogP contribution in [0.25, 0.3) is 6.08 Å². The number of carbonyl (C=O) groups is 2. The second-order valence-corrected chi connectivity index (χ2v) is 7.34. The van der Waals surface area contributed by atoms with E-state index in [0.29, 0.717) is 28.9 Å². The highest BCUT2D eigenvalue weighted by atomic mass is 32.2. The van der Waals surface area contributed by atoms with Gasteiger partial charge in [0.15, 0.2) is 5.17 Å². The fraction of sp³-hybridized carbons (Fsp3) is 0.227. The lowest BCUT2D eigenvalue weighted by molar-refractivity contribution is -0.122. The Morgan fingerprint density at radius 2 is 1.97 bits per heavy atom. The summed E-state index contributed by atoms with van der Waals surface area (Å²) in [5.74, 6) is -0.310. The standard InChI is InChI=1S/C22H22N2O4S/c1-3-12-28-18-7-5-6-15(13-18)14-19-20(25)24(4-2)22(29-19)23-17-10-8-16(9-11-17)21(26)27/h5-11,13-14H,3-4,12H2,1-2H3,(H,26,27)/b19-14+,23-22?. The number of aromatic carboxylic acids is 1. The maximum Gasteiger partial charge on any atom is 0.335 e. The van der Waals surface area contributed by atoms with E-state index in [-0.39, 0.29) is 11.5 Å². The Morgan fingerprint density at radius 1 is 1.21 bits per heavy atom. The normalized spacial score (nSPS) is 16.6. The van der Waals surface area contributed by atoms with Crippen molar-refractivity contribution >= 4 is 40.6 Å². The van der Waals surface area contributed by atoms with Crippen molar-refractivity contribution in [1.82, 2.24) is 4.90 Å². The van der Waals surface area contributed by atoms with Crippen molar-refractivity contribution in [3.8, 4) is 5.75 Å². The van der Waals surface area contributed by atoms with E-state index >= 15 is 0 Å². The third kappa shape index (κ3) is 5.06.